The molecule has 0 saturated heterocycles. The smallest absolute Gasteiger partial charge is 0.342 e. The quantitative estimate of drug-likeness (QED) is 0.675. The third-order valence-corrected chi connectivity index (χ3v) is 5.10. The van der Waals surface area contributed by atoms with E-state index in [0.29, 0.717) is 16.7 Å². The number of rotatable bonds is 5. The lowest BCUT2D eigenvalue weighted by Crippen LogP contribution is -2.25. The summed E-state index contributed by atoms with van der Waals surface area (Å²) in [7, 11) is 0. The van der Waals surface area contributed by atoms with Crippen LogP contribution < -0.4 is 10.9 Å². The molecule has 0 radical (unpaired) electrons. The van der Waals surface area contributed by atoms with Crippen molar-refractivity contribution in [3.8, 4) is 0 Å². The van der Waals surface area contributed by atoms with Crippen molar-refractivity contribution >= 4 is 34.0 Å². The number of pyridine rings is 1. The number of carboxylic acids is 1. The molecule has 0 aliphatic rings. The minimum atomic E-state index is -1.32. The van der Waals surface area contributed by atoms with Crippen molar-refractivity contribution in [3.05, 3.63) is 52.6 Å². The van der Waals surface area contributed by atoms with Crippen LogP contribution in [0, 0.1) is 11.8 Å². The summed E-state index contributed by atoms with van der Waals surface area (Å²) in [5.74, 6) is -1.25. The zero-order chi connectivity index (χ0) is 19.7. The Morgan fingerprint density at radius 3 is 2.67 bits per heavy atom. The van der Waals surface area contributed by atoms with Gasteiger partial charge in [-0.15, -0.1) is 0 Å². The summed E-state index contributed by atoms with van der Waals surface area (Å²) in [5.41, 5.74) is -0.0891. The molecule has 0 saturated carbocycles. The van der Waals surface area contributed by atoms with Crippen molar-refractivity contribution in [2.45, 2.75) is 27.2 Å². The first-order valence-corrected chi connectivity index (χ1v) is 8.81. The number of aromatic carboxylic acids is 1. The summed E-state index contributed by atoms with van der Waals surface area (Å²) in [4.78, 5) is 40.1. The van der Waals surface area contributed by atoms with Crippen LogP contribution in [0.25, 0.3) is 16.4 Å². The maximum atomic E-state index is 12.4. The molecule has 1 aromatic carbocycles. The monoisotopic (exact) mass is 367 g/mol. The normalized spacial score (nSPS) is 13.4. The molecule has 3 aromatic rings. The van der Waals surface area contributed by atoms with Gasteiger partial charge in [0.1, 0.15) is 11.2 Å². The maximum Gasteiger partial charge on any atom is 0.342 e. The van der Waals surface area contributed by atoms with Gasteiger partial charge in [0.25, 0.3) is 5.56 Å². The number of nitrogens with zero attached hydrogens (tertiary/aromatic N) is 2. The average molecular weight is 367 g/mol. The highest BCUT2D eigenvalue weighted by Crippen LogP contribution is 2.23. The van der Waals surface area contributed by atoms with Crippen LogP contribution in [0.5, 0.6) is 0 Å². The van der Waals surface area contributed by atoms with Gasteiger partial charge < -0.3 is 10.4 Å². The molecule has 0 fully saturated rings. The lowest BCUT2D eigenvalue weighted by molar-refractivity contribution is -0.120. The third-order valence-electron chi connectivity index (χ3n) is 5.10. The second-order valence-electron chi connectivity index (χ2n) is 6.76. The number of hydrogen-bond donors (Lipinski definition) is 2. The lowest BCUT2D eigenvalue weighted by Gasteiger charge is -2.18. The summed E-state index contributed by atoms with van der Waals surface area (Å²) < 4.78 is 1.21. The van der Waals surface area contributed by atoms with Gasteiger partial charge in [-0.05, 0) is 29.5 Å². The topological polar surface area (TPSA) is 101 Å². The number of carbonyl (C=O) groups is 2. The Labute approximate surface area is 155 Å². The second kappa shape index (κ2) is 7.19. The van der Waals surface area contributed by atoms with Gasteiger partial charge in [0.05, 0.1) is 0 Å². The van der Waals surface area contributed by atoms with Gasteiger partial charge in [-0.1, -0.05) is 33.3 Å². The van der Waals surface area contributed by atoms with Gasteiger partial charge in [-0.3, -0.25) is 14.0 Å². The number of amides is 1. The molecule has 0 bridgehead atoms. The molecule has 2 aromatic heterocycles. The van der Waals surface area contributed by atoms with E-state index in [2.05, 4.69) is 10.3 Å². The van der Waals surface area contributed by atoms with Crippen molar-refractivity contribution in [2.24, 2.45) is 11.8 Å². The fraction of sp³-hybridized carbons (Fsp3) is 0.300. The zero-order valence-corrected chi connectivity index (χ0v) is 15.4. The van der Waals surface area contributed by atoms with E-state index in [-0.39, 0.29) is 17.7 Å². The van der Waals surface area contributed by atoms with Gasteiger partial charge in [-0.2, -0.15) is 0 Å². The molecule has 0 spiro atoms. The molecule has 140 valence electrons. The van der Waals surface area contributed by atoms with Gasteiger partial charge in [0.15, 0.2) is 0 Å². The Kier molecular flexibility index (Phi) is 4.94. The molecule has 7 heteroatoms. The van der Waals surface area contributed by atoms with E-state index in [9.17, 15) is 14.4 Å². The van der Waals surface area contributed by atoms with Crippen molar-refractivity contribution < 1.29 is 14.7 Å². The highest BCUT2D eigenvalue weighted by Gasteiger charge is 2.19. The Balaban J connectivity index is 2.07. The molecule has 27 heavy (non-hydrogen) atoms. The van der Waals surface area contributed by atoms with E-state index in [1.807, 2.05) is 26.8 Å². The third kappa shape index (κ3) is 3.40. The van der Waals surface area contributed by atoms with Crippen LogP contribution in [0.4, 0.5) is 5.69 Å². The molecule has 0 aliphatic heterocycles. The molecular formula is C20H21N3O4. The van der Waals surface area contributed by atoms with E-state index < -0.39 is 17.1 Å². The molecule has 7 nitrogen and oxygen atoms in total. The van der Waals surface area contributed by atoms with Crippen LogP contribution in [0.2, 0.25) is 0 Å². The summed E-state index contributed by atoms with van der Waals surface area (Å²) in [6.45, 7) is 5.98. The number of aromatic nitrogens is 2. The van der Waals surface area contributed by atoms with Crippen LogP contribution in [0.15, 0.2) is 41.5 Å². The Hall–Kier alpha value is -3.22. The SMILES string of the molecule is CCC(C)C(C)C(=O)Nc1ccc2ccn3c(=O)c(C(=O)O)cnc3c2c1. The fourth-order valence-corrected chi connectivity index (χ4v) is 2.95. The largest absolute Gasteiger partial charge is 0.477 e. The number of carboxylic acid groups (broad SMARTS) is 1. The average Bonchev–Trinajstić information content (AvgIpc) is 2.66. The van der Waals surface area contributed by atoms with Gasteiger partial charge in [0, 0.05) is 29.4 Å². The number of benzene rings is 1. The van der Waals surface area contributed by atoms with Crippen LogP contribution in [0.3, 0.4) is 0 Å². The van der Waals surface area contributed by atoms with E-state index in [0.717, 1.165) is 18.0 Å². The van der Waals surface area contributed by atoms with Gasteiger partial charge in [-0.25, -0.2) is 9.78 Å². The van der Waals surface area contributed by atoms with Crippen molar-refractivity contribution in [3.63, 3.8) is 0 Å². The van der Waals surface area contributed by atoms with E-state index in [1.54, 1.807) is 18.2 Å². The predicted molar refractivity (Wildman–Crippen MR) is 103 cm³/mol. The first-order valence-electron chi connectivity index (χ1n) is 8.81. The van der Waals surface area contributed by atoms with Crippen molar-refractivity contribution in [2.75, 3.05) is 5.32 Å². The Morgan fingerprint density at radius 2 is 2.00 bits per heavy atom. The summed E-state index contributed by atoms with van der Waals surface area (Å²) in [5, 5.41) is 13.5. The lowest BCUT2D eigenvalue weighted by atomic mass is 9.93. The second-order valence-corrected chi connectivity index (χ2v) is 6.76. The highest BCUT2D eigenvalue weighted by atomic mass is 16.4. The van der Waals surface area contributed by atoms with Crippen LogP contribution in [0.1, 0.15) is 37.6 Å². The van der Waals surface area contributed by atoms with E-state index in [4.69, 9.17) is 5.11 Å². The van der Waals surface area contributed by atoms with Crippen LogP contribution >= 0.6 is 0 Å². The molecule has 0 aliphatic carbocycles. The van der Waals surface area contributed by atoms with Crippen LogP contribution in [-0.2, 0) is 4.79 Å². The molecule has 2 heterocycles. The molecule has 2 unspecified atom stereocenters. The minimum absolute atomic E-state index is 0.0674. The Morgan fingerprint density at radius 1 is 1.26 bits per heavy atom. The number of fused-ring (bicyclic) bond motifs is 3. The summed E-state index contributed by atoms with van der Waals surface area (Å²) >= 11 is 0. The molecular weight excluding hydrogens is 346 g/mol. The standard InChI is InChI=1S/C20H21N3O4/c1-4-11(2)12(3)18(24)22-14-6-5-13-7-8-23-17(15(13)9-14)21-10-16(19(23)25)20(26)27/h5-12H,4H2,1-3H3,(H,22,24)(H,26,27). The highest BCUT2D eigenvalue weighted by molar-refractivity contribution is 6.00. The first kappa shape index (κ1) is 18.6. The molecule has 2 N–H and O–H groups in total. The Bertz CT molecular complexity index is 1100. The van der Waals surface area contributed by atoms with Gasteiger partial charge in [0.2, 0.25) is 5.91 Å². The molecule has 3 rings (SSSR count). The number of anilines is 1. The number of carbonyl (C=O) groups excluding carboxylic acids is 1. The first-order chi connectivity index (χ1) is 12.8. The minimum Gasteiger partial charge on any atom is -0.477 e. The van der Waals surface area contributed by atoms with Crippen molar-refractivity contribution in [1.82, 2.24) is 9.38 Å². The van der Waals surface area contributed by atoms with E-state index >= 15 is 0 Å². The van der Waals surface area contributed by atoms with Crippen LogP contribution in [-0.4, -0.2) is 26.4 Å². The predicted octanol–water partition coefficient (Wildman–Crippen LogP) is 3.17. The zero-order valence-electron chi connectivity index (χ0n) is 15.4. The summed E-state index contributed by atoms with van der Waals surface area (Å²) in [6.07, 6.45) is 3.48. The fourth-order valence-electron chi connectivity index (χ4n) is 2.95. The summed E-state index contributed by atoms with van der Waals surface area (Å²) in [6, 6.07) is 7.09. The van der Waals surface area contributed by atoms with E-state index in [1.165, 1.54) is 10.6 Å². The number of nitrogens with one attached hydrogen (secondary N) is 1. The molecule has 1 amide bonds. The van der Waals surface area contributed by atoms with Gasteiger partial charge >= 0.3 is 5.97 Å². The molecule has 2 atom stereocenters. The van der Waals surface area contributed by atoms with Crippen molar-refractivity contribution in [1.29, 1.82) is 0 Å². The number of hydrogen-bond acceptors (Lipinski definition) is 4. The maximum absolute atomic E-state index is 12.4.